The van der Waals surface area contributed by atoms with Gasteiger partial charge in [-0.3, -0.25) is 15.0 Å². The van der Waals surface area contributed by atoms with Crippen molar-refractivity contribution in [3.8, 4) is 0 Å². The smallest absolute Gasteiger partial charge is 0.307 e. The first kappa shape index (κ1) is 19.4. The van der Waals surface area contributed by atoms with Crippen LogP contribution in [-0.4, -0.2) is 42.2 Å². The Balaban J connectivity index is 1.87. The van der Waals surface area contributed by atoms with Crippen LogP contribution >= 0.6 is 0 Å². The molecule has 1 heterocycles. The number of carbonyl (C=O) groups is 2. The van der Waals surface area contributed by atoms with Crippen molar-refractivity contribution in [3.63, 3.8) is 0 Å². The van der Waals surface area contributed by atoms with Crippen molar-refractivity contribution in [3.05, 3.63) is 35.4 Å². The highest BCUT2D eigenvalue weighted by Crippen LogP contribution is 2.20. The van der Waals surface area contributed by atoms with Gasteiger partial charge in [0.05, 0.1) is 25.7 Å². The molecule has 8 heteroatoms. The molecule has 0 aliphatic carbocycles. The maximum atomic E-state index is 12.2. The van der Waals surface area contributed by atoms with Crippen LogP contribution in [0.5, 0.6) is 0 Å². The average molecular weight is 360 g/mol. The third kappa shape index (κ3) is 5.30. The Morgan fingerprint density at radius 2 is 2.04 bits per heavy atom. The molecule has 1 aromatic rings. The minimum absolute atomic E-state index is 0.00489. The molecule has 1 unspecified atom stereocenters. The molecule has 2 rings (SSSR count). The fourth-order valence-corrected chi connectivity index (χ4v) is 2.66. The Labute approximate surface area is 152 Å². The topological polar surface area (TPSA) is 127 Å². The first-order valence-electron chi connectivity index (χ1n) is 8.25. The second-order valence-corrected chi connectivity index (χ2v) is 6.85. The highest BCUT2D eigenvalue weighted by atomic mass is 16.6. The molecular formula is C18H24N4O4. The van der Waals surface area contributed by atoms with E-state index in [0.717, 1.165) is 11.3 Å². The van der Waals surface area contributed by atoms with Crippen molar-refractivity contribution in [2.24, 2.45) is 10.9 Å². The molecule has 1 amide bonds. The summed E-state index contributed by atoms with van der Waals surface area (Å²) in [5.74, 6) is -0.593. The third-order valence-electron chi connectivity index (χ3n) is 3.97. The molecule has 0 saturated heterocycles. The zero-order chi connectivity index (χ0) is 19.3. The van der Waals surface area contributed by atoms with Gasteiger partial charge in [-0.05, 0) is 19.4 Å². The summed E-state index contributed by atoms with van der Waals surface area (Å²) in [4.78, 5) is 29.0. The van der Waals surface area contributed by atoms with E-state index in [2.05, 4.69) is 15.2 Å². The summed E-state index contributed by atoms with van der Waals surface area (Å²) in [6.45, 7) is 3.52. The van der Waals surface area contributed by atoms with Crippen LogP contribution in [0.3, 0.4) is 0 Å². The fraction of sp³-hybridized carbons (Fsp3) is 0.444. The van der Waals surface area contributed by atoms with Crippen molar-refractivity contribution in [1.29, 1.82) is 5.41 Å². The van der Waals surface area contributed by atoms with Crippen LogP contribution < -0.4 is 11.1 Å². The number of nitrogen functional groups attached to an aromatic ring is 1. The Kier molecular flexibility index (Phi) is 5.97. The number of nitrogens with one attached hydrogen (secondary N) is 2. The first-order valence-corrected chi connectivity index (χ1v) is 8.25. The Bertz CT molecular complexity index is 725. The standard InChI is InChI=1S/C18H24N4O4/c1-18(2,10-16(24)25-3)21-15(23)9-13-8-14(22-26-13)11-4-6-12(7-5-11)17(19)20/h4-7,13H,8-10H2,1-3H3,(H3,19,20)(H,21,23). The summed E-state index contributed by atoms with van der Waals surface area (Å²) >= 11 is 0. The quantitative estimate of drug-likeness (QED) is 0.384. The van der Waals surface area contributed by atoms with E-state index in [1.165, 1.54) is 7.11 Å². The van der Waals surface area contributed by atoms with E-state index in [0.29, 0.717) is 12.0 Å². The summed E-state index contributed by atoms with van der Waals surface area (Å²) in [5.41, 5.74) is 6.98. The zero-order valence-electron chi connectivity index (χ0n) is 15.2. The Morgan fingerprint density at radius 3 is 2.62 bits per heavy atom. The SMILES string of the molecule is COC(=O)CC(C)(C)NC(=O)CC1CC(c2ccc(C(=N)N)cc2)=NO1. The van der Waals surface area contributed by atoms with Crippen molar-refractivity contribution >= 4 is 23.4 Å². The molecule has 0 spiro atoms. The number of hydrogen-bond acceptors (Lipinski definition) is 6. The molecule has 0 aromatic heterocycles. The van der Waals surface area contributed by atoms with Gasteiger partial charge in [0.25, 0.3) is 0 Å². The van der Waals surface area contributed by atoms with Crippen LogP contribution in [0.2, 0.25) is 0 Å². The number of methoxy groups -OCH3 is 1. The lowest BCUT2D eigenvalue weighted by molar-refractivity contribution is -0.142. The number of nitrogens with two attached hydrogens (primary N) is 1. The number of amidine groups is 1. The van der Waals surface area contributed by atoms with Gasteiger partial charge in [-0.1, -0.05) is 29.4 Å². The number of amides is 1. The van der Waals surface area contributed by atoms with Crippen LogP contribution in [0, 0.1) is 5.41 Å². The van der Waals surface area contributed by atoms with E-state index < -0.39 is 5.54 Å². The predicted molar refractivity (Wildman–Crippen MR) is 97.0 cm³/mol. The van der Waals surface area contributed by atoms with Crippen LogP contribution in [0.1, 0.15) is 44.2 Å². The molecule has 26 heavy (non-hydrogen) atoms. The summed E-state index contributed by atoms with van der Waals surface area (Å²) in [6, 6.07) is 7.13. The minimum Gasteiger partial charge on any atom is -0.469 e. The van der Waals surface area contributed by atoms with E-state index in [4.69, 9.17) is 16.0 Å². The second-order valence-electron chi connectivity index (χ2n) is 6.85. The van der Waals surface area contributed by atoms with E-state index in [-0.39, 0.29) is 36.7 Å². The van der Waals surface area contributed by atoms with Gasteiger partial charge in [0.2, 0.25) is 5.91 Å². The molecule has 0 saturated carbocycles. The Morgan fingerprint density at radius 1 is 1.38 bits per heavy atom. The van der Waals surface area contributed by atoms with Gasteiger partial charge in [-0.2, -0.15) is 0 Å². The molecule has 0 bridgehead atoms. The summed E-state index contributed by atoms with van der Waals surface area (Å²) in [5, 5.41) is 14.3. The monoisotopic (exact) mass is 360 g/mol. The minimum atomic E-state index is -0.699. The molecule has 1 aliphatic heterocycles. The van der Waals surface area contributed by atoms with Gasteiger partial charge in [0, 0.05) is 17.5 Å². The normalized spacial score (nSPS) is 16.4. The van der Waals surface area contributed by atoms with Gasteiger partial charge < -0.3 is 20.6 Å². The molecule has 1 aliphatic rings. The number of benzene rings is 1. The summed E-state index contributed by atoms with van der Waals surface area (Å²) < 4.78 is 4.63. The summed E-state index contributed by atoms with van der Waals surface area (Å²) in [7, 11) is 1.31. The number of esters is 1. The van der Waals surface area contributed by atoms with Gasteiger partial charge in [-0.25, -0.2) is 0 Å². The average Bonchev–Trinajstić information content (AvgIpc) is 3.02. The maximum Gasteiger partial charge on any atom is 0.307 e. The van der Waals surface area contributed by atoms with E-state index in [9.17, 15) is 9.59 Å². The first-order chi connectivity index (χ1) is 12.2. The van der Waals surface area contributed by atoms with Crippen LogP contribution in [0.15, 0.2) is 29.4 Å². The lowest BCUT2D eigenvalue weighted by Gasteiger charge is -2.25. The van der Waals surface area contributed by atoms with Gasteiger partial charge in [0.1, 0.15) is 11.9 Å². The van der Waals surface area contributed by atoms with Gasteiger partial charge >= 0.3 is 5.97 Å². The second kappa shape index (κ2) is 7.99. The van der Waals surface area contributed by atoms with Crippen molar-refractivity contribution in [1.82, 2.24) is 5.32 Å². The van der Waals surface area contributed by atoms with Crippen LogP contribution in [0.25, 0.3) is 0 Å². The fourth-order valence-electron chi connectivity index (χ4n) is 2.66. The number of carbonyl (C=O) groups excluding carboxylic acids is 2. The molecule has 1 aromatic carbocycles. The molecular weight excluding hydrogens is 336 g/mol. The van der Waals surface area contributed by atoms with E-state index in [1.807, 2.05) is 12.1 Å². The number of oxime groups is 1. The van der Waals surface area contributed by atoms with Crippen molar-refractivity contribution < 1.29 is 19.2 Å². The van der Waals surface area contributed by atoms with Crippen LogP contribution in [0.4, 0.5) is 0 Å². The highest BCUT2D eigenvalue weighted by Gasteiger charge is 2.29. The van der Waals surface area contributed by atoms with E-state index >= 15 is 0 Å². The van der Waals surface area contributed by atoms with Crippen molar-refractivity contribution in [2.75, 3.05) is 7.11 Å². The molecule has 0 fully saturated rings. The highest BCUT2D eigenvalue weighted by molar-refractivity contribution is 6.02. The Hall–Kier alpha value is -2.90. The molecule has 1 atom stereocenters. The van der Waals surface area contributed by atoms with Gasteiger partial charge in [0.15, 0.2) is 0 Å². The lowest BCUT2D eigenvalue weighted by Crippen LogP contribution is -2.46. The van der Waals surface area contributed by atoms with Crippen molar-refractivity contribution in [2.45, 2.75) is 44.8 Å². The maximum absolute atomic E-state index is 12.2. The molecule has 4 N–H and O–H groups in total. The predicted octanol–water partition coefficient (Wildman–Crippen LogP) is 1.31. The van der Waals surface area contributed by atoms with Crippen LogP contribution in [-0.2, 0) is 19.2 Å². The number of nitrogens with zero attached hydrogens (tertiary/aromatic N) is 1. The number of rotatable bonds is 7. The lowest BCUT2D eigenvalue weighted by atomic mass is 9.99. The largest absolute Gasteiger partial charge is 0.469 e. The third-order valence-corrected chi connectivity index (χ3v) is 3.97. The number of ether oxygens (including phenoxy) is 1. The zero-order valence-corrected chi connectivity index (χ0v) is 15.2. The number of hydrogen-bond donors (Lipinski definition) is 3. The van der Waals surface area contributed by atoms with E-state index in [1.54, 1.807) is 26.0 Å². The molecule has 0 radical (unpaired) electrons. The molecule has 140 valence electrons. The molecule has 8 nitrogen and oxygen atoms in total. The summed E-state index contributed by atoms with van der Waals surface area (Å²) in [6.07, 6.45) is 0.379. The van der Waals surface area contributed by atoms with Gasteiger partial charge in [-0.15, -0.1) is 0 Å².